The zero-order valence-electron chi connectivity index (χ0n) is 15.7. The summed E-state index contributed by atoms with van der Waals surface area (Å²) in [6, 6.07) is 3.35. The first-order valence-electron chi connectivity index (χ1n) is 9.32. The normalized spacial score (nSPS) is 16.8. The van der Waals surface area contributed by atoms with E-state index in [1.165, 1.54) is 18.3 Å². The number of aliphatic hydroxyl groups is 1. The maximum Gasteiger partial charge on any atom is 0.418 e. The lowest BCUT2D eigenvalue weighted by atomic mass is 10.1. The molecule has 1 aromatic carbocycles. The standard InChI is InChI=1S/C19H23F3N4O3/c20-19(21,22)15-3-1-2-13-16(15)24-18(29)14(17(13)28)12-23-4-5-25-6-8-26(9-7-25)10-11-27/h1-3,12,27H,4-11H2,(H2,24,28,29). The number of aliphatic hydroxyl groups excluding tert-OH is 1. The molecule has 0 amide bonds. The third-order valence-corrected chi connectivity index (χ3v) is 5.01. The van der Waals surface area contributed by atoms with Crippen LogP contribution in [0.3, 0.4) is 0 Å². The second-order valence-electron chi connectivity index (χ2n) is 6.88. The Morgan fingerprint density at radius 2 is 1.79 bits per heavy atom. The smallest absolute Gasteiger partial charge is 0.418 e. The number of para-hydroxylation sites is 1. The highest BCUT2D eigenvalue weighted by Crippen LogP contribution is 2.36. The van der Waals surface area contributed by atoms with Crippen molar-refractivity contribution in [2.24, 2.45) is 4.99 Å². The van der Waals surface area contributed by atoms with Gasteiger partial charge in [0, 0.05) is 50.9 Å². The molecule has 0 unspecified atom stereocenters. The van der Waals surface area contributed by atoms with Crippen LogP contribution in [0.1, 0.15) is 11.1 Å². The van der Waals surface area contributed by atoms with Crippen LogP contribution < -0.4 is 5.56 Å². The van der Waals surface area contributed by atoms with Crippen molar-refractivity contribution < 1.29 is 23.4 Å². The molecular formula is C19H23F3N4O3. The van der Waals surface area contributed by atoms with E-state index in [2.05, 4.69) is 19.8 Å². The van der Waals surface area contributed by atoms with E-state index in [0.717, 1.165) is 32.2 Å². The Kier molecular flexibility index (Phi) is 6.56. The summed E-state index contributed by atoms with van der Waals surface area (Å²) in [6.07, 6.45) is -3.44. The predicted octanol–water partition coefficient (Wildman–Crippen LogP) is 1.28. The number of piperazine rings is 1. The van der Waals surface area contributed by atoms with Crippen molar-refractivity contribution in [3.05, 3.63) is 39.7 Å². The lowest BCUT2D eigenvalue weighted by Crippen LogP contribution is -2.47. The zero-order chi connectivity index (χ0) is 21.0. The lowest BCUT2D eigenvalue weighted by molar-refractivity contribution is -0.136. The fourth-order valence-corrected chi connectivity index (χ4v) is 3.41. The van der Waals surface area contributed by atoms with Gasteiger partial charge >= 0.3 is 6.18 Å². The molecule has 0 radical (unpaired) electrons. The second-order valence-corrected chi connectivity index (χ2v) is 6.88. The van der Waals surface area contributed by atoms with Gasteiger partial charge in [-0.2, -0.15) is 13.2 Å². The number of fused-ring (bicyclic) bond motifs is 1. The van der Waals surface area contributed by atoms with Crippen LogP contribution in [0.4, 0.5) is 13.2 Å². The van der Waals surface area contributed by atoms with Crippen LogP contribution in [0, 0.1) is 0 Å². The minimum absolute atomic E-state index is 0.0825. The summed E-state index contributed by atoms with van der Waals surface area (Å²) in [5, 5.41) is 19.2. The topological polar surface area (TPSA) is 92.2 Å². The van der Waals surface area contributed by atoms with E-state index >= 15 is 0 Å². The van der Waals surface area contributed by atoms with Crippen molar-refractivity contribution in [3.8, 4) is 5.75 Å². The van der Waals surface area contributed by atoms with Crippen LogP contribution in [0.5, 0.6) is 5.75 Å². The molecule has 29 heavy (non-hydrogen) atoms. The van der Waals surface area contributed by atoms with Gasteiger partial charge in [0.1, 0.15) is 5.75 Å². The predicted molar refractivity (Wildman–Crippen MR) is 104 cm³/mol. The van der Waals surface area contributed by atoms with Crippen molar-refractivity contribution in [2.45, 2.75) is 6.18 Å². The van der Waals surface area contributed by atoms with Gasteiger partial charge in [0.05, 0.1) is 29.8 Å². The quantitative estimate of drug-likeness (QED) is 0.622. The molecular weight excluding hydrogens is 389 g/mol. The molecule has 0 saturated carbocycles. The second kappa shape index (κ2) is 8.93. The zero-order valence-corrected chi connectivity index (χ0v) is 15.7. The Labute approximate surface area is 165 Å². The van der Waals surface area contributed by atoms with Gasteiger partial charge in [0.15, 0.2) is 0 Å². The van der Waals surface area contributed by atoms with Gasteiger partial charge in [0.2, 0.25) is 0 Å². The van der Waals surface area contributed by atoms with Crippen molar-refractivity contribution in [1.82, 2.24) is 14.8 Å². The SMILES string of the molecule is O=c1[nH]c2c(C(F)(F)F)cccc2c(O)c1C=NCCN1CCN(CCO)CC1. The molecule has 0 atom stereocenters. The average molecular weight is 412 g/mol. The van der Waals surface area contributed by atoms with Crippen LogP contribution in [-0.4, -0.2) is 83.6 Å². The summed E-state index contributed by atoms with van der Waals surface area (Å²) in [4.78, 5) is 23.0. The first kappa shape index (κ1) is 21.3. The van der Waals surface area contributed by atoms with Gasteiger partial charge in [0.25, 0.3) is 5.56 Å². The number of aromatic nitrogens is 1. The number of aliphatic imine (C=N–C) groups is 1. The number of halogens is 3. The molecule has 1 aliphatic heterocycles. The number of nitrogens with zero attached hydrogens (tertiary/aromatic N) is 3. The van der Waals surface area contributed by atoms with Crippen LogP contribution in [0.25, 0.3) is 10.9 Å². The van der Waals surface area contributed by atoms with E-state index in [4.69, 9.17) is 5.11 Å². The molecule has 1 aromatic heterocycles. The van der Waals surface area contributed by atoms with Crippen molar-refractivity contribution >= 4 is 17.1 Å². The maximum absolute atomic E-state index is 13.1. The number of rotatable bonds is 6. The Morgan fingerprint density at radius 1 is 1.14 bits per heavy atom. The van der Waals surface area contributed by atoms with Crippen LogP contribution >= 0.6 is 0 Å². The number of aromatic amines is 1. The Balaban J connectivity index is 1.70. The van der Waals surface area contributed by atoms with E-state index in [1.807, 2.05) is 0 Å². The summed E-state index contributed by atoms with van der Waals surface area (Å²) < 4.78 is 39.4. The number of hydrogen-bond donors (Lipinski definition) is 3. The molecule has 0 aliphatic carbocycles. The van der Waals surface area contributed by atoms with Crippen LogP contribution in [0.15, 0.2) is 28.0 Å². The minimum atomic E-state index is -4.65. The molecule has 0 bridgehead atoms. The van der Waals surface area contributed by atoms with Gasteiger partial charge < -0.3 is 15.2 Å². The Morgan fingerprint density at radius 3 is 2.41 bits per heavy atom. The molecule has 2 aromatic rings. The lowest BCUT2D eigenvalue weighted by Gasteiger charge is -2.33. The highest BCUT2D eigenvalue weighted by atomic mass is 19.4. The van der Waals surface area contributed by atoms with Gasteiger partial charge in [-0.3, -0.25) is 19.6 Å². The van der Waals surface area contributed by atoms with E-state index in [1.54, 1.807) is 0 Å². The highest BCUT2D eigenvalue weighted by molar-refractivity contribution is 5.96. The first-order chi connectivity index (χ1) is 13.8. The van der Waals surface area contributed by atoms with Crippen molar-refractivity contribution in [1.29, 1.82) is 0 Å². The summed E-state index contributed by atoms with van der Waals surface area (Å²) in [5.74, 6) is -0.517. The summed E-state index contributed by atoms with van der Waals surface area (Å²) >= 11 is 0. The number of H-pyrrole nitrogens is 1. The van der Waals surface area contributed by atoms with Crippen LogP contribution in [0.2, 0.25) is 0 Å². The average Bonchev–Trinajstić information content (AvgIpc) is 2.67. The van der Waals surface area contributed by atoms with Crippen molar-refractivity contribution in [2.75, 3.05) is 52.4 Å². The molecule has 1 saturated heterocycles. The number of hydrogen-bond acceptors (Lipinski definition) is 6. The van der Waals surface area contributed by atoms with Gasteiger partial charge in [-0.1, -0.05) is 6.07 Å². The molecule has 7 nitrogen and oxygen atoms in total. The fraction of sp³-hybridized carbons (Fsp3) is 0.474. The summed E-state index contributed by atoms with van der Waals surface area (Å²) in [6.45, 7) is 5.25. The maximum atomic E-state index is 13.1. The summed E-state index contributed by atoms with van der Waals surface area (Å²) in [5.41, 5.74) is -2.44. The molecule has 10 heteroatoms. The van der Waals surface area contributed by atoms with E-state index in [9.17, 15) is 23.1 Å². The van der Waals surface area contributed by atoms with Gasteiger partial charge in [-0.05, 0) is 12.1 Å². The fourth-order valence-electron chi connectivity index (χ4n) is 3.41. The van der Waals surface area contributed by atoms with Crippen LogP contribution in [-0.2, 0) is 6.18 Å². The molecule has 3 rings (SSSR count). The number of pyridine rings is 1. The van der Waals surface area contributed by atoms with E-state index in [-0.39, 0.29) is 17.6 Å². The van der Waals surface area contributed by atoms with Gasteiger partial charge in [-0.25, -0.2) is 0 Å². The largest absolute Gasteiger partial charge is 0.506 e. The molecule has 0 spiro atoms. The number of nitrogens with one attached hydrogen (secondary N) is 1. The number of β-amino-alcohol motifs (C(OH)–C–C–N with tert-alkyl or cyclic N) is 1. The Hall–Kier alpha value is -2.43. The number of benzene rings is 1. The highest BCUT2D eigenvalue weighted by Gasteiger charge is 2.33. The molecule has 2 heterocycles. The first-order valence-corrected chi connectivity index (χ1v) is 9.32. The molecule has 1 aliphatic rings. The van der Waals surface area contributed by atoms with Gasteiger partial charge in [-0.15, -0.1) is 0 Å². The van der Waals surface area contributed by atoms with E-state index in [0.29, 0.717) is 19.6 Å². The molecule has 1 fully saturated rings. The minimum Gasteiger partial charge on any atom is -0.506 e. The number of aromatic hydroxyl groups is 1. The molecule has 3 N–H and O–H groups in total. The Bertz CT molecular complexity index is 935. The number of alkyl halides is 3. The van der Waals surface area contributed by atoms with E-state index < -0.39 is 28.6 Å². The van der Waals surface area contributed by atoms with Crippen molar-refractivity contribution in [3.63, 3.8) is 0 Å². The third-order valence-electron chi connectivity index (χ3n) is 5.01. The monoisotopic (exact) mass is 412 g/mol. The molecule has 158 valence electrons. The summed E-state index contributed by atoms with van der Waals surface area (Å²) in [7, 11) is 0. The third kappa shape index (κ3) is 4.95.